The second-order valence-corrected chi connectivity index (χ2v) is 6.86. The molecule has 1 unspecified atom stereocenters. The molecule has 0 aromatic heterocycles. The molecule has 0 bridgehead atoms. The predicted molar refractivity (Wildman–Crippen MR) is 59.7 cm³/mol. The summed E-state index contributed by atoms with van der Waals surface area (Å²) in [6.45, 7) is -1.47. The molecule has 3 nitrogen and oxygen atoms in total. The molecule has 0 fully saturated rings. The van der Waals surface area contributed by atoms with Gasteiger partial charge in [-0.3, -0.25) is 0 Å². The molecule has 1 atom stereocenters. The quantitative estimate of drug-likeness (QED) is 0.717. The van der Waals surface area contributed by atoms with Gasteiger partial charge in [0, 0.05) is 6.07 Å². The third kappa shape index (κ3) is 2.48. The van der Waals surface area contributed by atoms with E-state index in [-0.39, 0.29) is 0 Å². The van der Waals surface area contributed by atoms with Gasteiger partial charge >= 0.3 is 7.73 Å². The van der Waals surface area contributed by atoms with Gasteiger partial charge in [-0.2, -0.15) is 0 Å². The highest BCUT2D eigenvalue weighted by molar-refractivity contribution is 8.00. The fraction of sp³-hybridized carbons (Fsp3) is 0. The van der Waals surface area contributed by atoms with Gasteiger partial charge in [-0.1, -0.05) is 0 Å². The normalized spacial score (nSPS) is 18.7. The zero-order valence-electron chi connectivity index (χ0n) is 6.49. The molecule has 2 rings (SSSR count). The van der Waals surface area contributed by atoms with Gasteiger partial charge in [0.15, 0.2) is 11.5 Å². The average Bonchev–Trinajstić information content (AvgIpc) is 2.42. The fourth-order valence-corrected chi connectivity index (χ4v) is 2.78. The standard InChI is InChI=1S/C6H3Cl3O3P2/c7-13(8)10-4-1-2-5-6(3-4)12-14(9)11-5/h1-3H. The third-order valence-corrected chi connectivity index (χ3v) is 3.29. The Morgan fingerprint density at radius 2 is 1.93 bits per heavy atom. The summed E-state index contributed by atoms with van der Waals surface area (Å²) in [5.41, 5.74) is 0. The lowest BCUT2D eigenvalue weighted by Gasteiger charge is -2.04. The highest BCUT2D eigenvalue weighted by Gasteiger charge is 2.24. The van der Waals surface area contributed by atoms with Crippen LogP contribution in [-0.4, -0.2) is 0 Å². The minimum atomic E-state index is -1.47. The number of hydrogen-bond acceptors (Lipinski definition) is 3. The van der Waals surface area contributed by atoms with Crippen molar-refractivity contribution >= 4 is 48.3 Å². The monoisotopic (exact) mass is 290 g/mol. The molecule has 0 saturated carbocycles. The van der Waals surface area contributed by atoms with Crippen molar-refractivity contribution in [3.05, 3.63) is 18.2 Å². The van der Waals surface area contributed by atoms with Crippen LogP contribution in [0.2, 0.25) is 0 Å². The van der Waals surface area contributed by atoms with E-state index in [1.54, 1.807) is 18.2 Å². The zero-order valence-corrected chi connectivity index (χ0v) is 10.5. The van der Waals surface area contributed by atoms with Gasteiger partial charge in [0.2, 0.25) is 0 Å². The summed E-state index contributed by atoms with van der Waals surface area (Å²) in [4.78, 5) is 0. The second-order valence-electron chi connectivity index (χ2n) is 2.30. The van der Waals surface area contributed by atoms with E-state index in [1.807, 2.05) is 0 Å². The minimum Gasteiger partial charge on any atom is -0.445 e. The van der Waals surface area contributed by atoms with Crippen LogP contribution in [0.3, 0.4) is 0 Å². The van der Waals surface area contributed by atoms with Crippen molar-refractivity contribution in [1.29, 1.82) is 0 Å². The van der Waals surface area contributed by atoms with Crippen molar-refractivity contribution in [2.24, 2.45) is 0 Å². The van der Waals surface area contributed by atoms with Gasteiger partial charge < -0.3 is 13.6 Å². The van der Waals surface area contributed by atoms with E-state index >= 15 is 0 Å². The Bertz CT molecular complexity index is 349. The predicted octanol–water partition coefficient (Wildman–Crippen LogP) is 5.01. The Labute approximate surface area is 97.3 Å². The fourth-order valence-electron chi connectivity index (χ4n) is 0.945. The molecule has 0 spiro atoms. The van der Waals surface area contributed by atoms with Gasteiger partial charge in [0.25, 0.3) is 6.85 Å². The van der Waals surface area contributed by atoms with Gasteiger partial charge in [-0.25, -0.2) is 0 Å². The van der Waals surface area contributed by atoms with Crippen molar-refractivity contribution in [2.75, 3.05) is 0 Å². The largest absolute Gasteiger partial charge is 0.445 e. The van der Waals surface area contributed by atoms with Crippen LogP contribution in [0.4, 0.5) is 0 Å². The maximum Gasteiger partial charge on any atom is 0.401 e. The molecule has 0 radical (unpaired) electrons. The Kier molecular flexibility index (Phi) is 3.46. The van der Waals surface area contributed by atoms with Crippen molar-refractivity contribution in [3.63, 3.8) is 0 Å². The van der Waals surface area contributed by atoms with Crippen LogP contribution < -0.4 is 13.6 Å². The summed E-state index contributed by atoms with van der Waals surface area (Å²) in [6, 6.07) is 5.02. The van der Waals surface area contributed by atoms with Gasteiger partial charge in [0.1, 0.15) is 5.75 Å². The number of hydrogen-bond donors (Lipinski definition) is 0. The lowest BCUT2D eigenvalue weighted by atomic mass is 10.3. The molecule has 0 saturated heterocycles. The molecule has 0 aliphatic carbocycles. The number of fused-ring (bicyclic) bond motifs is 1. The number of halogens is 3. The molecule has 76 valence electrons. The molecular weight excluding hydrogens is 288 g/mol. The summed E-state index contributed by atoms with van der Waals surface area (Å²) in [6.07, 6.45) is 0. The first-order valence-electron chi connectivity index (χ1n) is 3.41. The Balaban J connectivity index is 2.20. The van der Waals surface area contributed by atoms with Crippen molar-refractivity contribution < 1.29 is 13.6 Å². The van der Waals surface area contributed by atoms with E-state index in [9.17, 15) is 0 Å². The van der Waals surface area contributed by atoms with Crippen LogP contribution in [0, 0.1) is 0 Å². The summed E-state index contributed by atoms with van der Waals surface area (Å²) in [5, 5.41) is 0. The maximum atomic E-state index is 5.67. The molecule has 1 aliphatic rings. The summed E-state index contributed by atoms with van der Waals surface area (Å²) in [7, 11) is -1.37. The van der Waals surface area contributed by atoms with Crippen molar-refractivity contribution in [1.82, 2.24) is 0 Å². The molecular formula is C6H3Cl3O3P2. The Hall–Kier alpha value is 0.350. The van der Waals surface area contributed by atoms with Crippen LogP contribution >= 0.6 is 48.3 Å². The lowest BCUT2D eigenvalue weighted by molar-refractivity contribution is 0.593. The SMILES string of the molecule is ClP(Cl)Oc1ccc2c(c1)OP(Cl)O2. The van der Waals surface area contributed by atoms with Gasteiger partial charge in [0.05, 0.1) is 0 Å². The first kappa shape index (κ1) is 10.9. The summed E-state index contributed by atoms with van der Waals surface area (Å²) in [5.74, 6) is 1.69. The lowest BCUT2D eigenvalue weighted by Crippen LogP contribution is -1.78. The molecule has 1 aromatic carbocycles. The number of benzene rings is 1. The van der Waals surface area contributed by atoms with Crippen molar-refractivity contribution in [3.8, 4) is 17.2 Å². The average molecular weight is 291 g/mol. The first-order chi connectivity index (χ1) is 6.65. The van der Waals surface area contributed by atoms with E-state index in [0.717, 1.165) is 0 Å². The molecule has 1 aliphatic heterocycles. The van der Waals surface area contributed by atoms with Gasteiger partial charge in [-0.15, -0.1) is 0 Å². The van der Waals surface area contributed by atoms with Crippen LogP contribution in [0.1, 0.15) is 0 Å². The smallest absolute Gasteiger partial charge is 0.401 e. The molecule has 8 heteroatoms. The zero-order chi connectivity index (χ0) is 10.1. The van der Waals surface area contributed by atoms with Crippen LogP contribution in [0.25, 0.3) is 0 Å². The second kappa shape index (κ2) is 4.47. The maximum absolute atomic E-state index is 5.67. The van der Waals surface area contributed by atoms with E-state index < -0.39 is 14.6 Å². The highest BCUT2D eigenvalue weighted by atomic mass is 35.9. The van der Waals surface area contributed by atoms with E-state index in [2.05, 4.69) is 0 Å². The number of rotatable bonds is 2. The van der Waals surface area contributed by atoms with Crippen molar-refractivity contribution in [2.45, 2.75) is 0 Å². The topological polar surface area (TPSA) is 27.7 Å². The molecule has 1 heterocycles. The molecule has 0 amide bonds. The molecule has 0 N–H and O–H groups in total. The molecule has 14 heavy (non-hydrogen) atoms. The minimum absolute atomic E-state index is 0.533. The van der Waals surface area contributed by atoms with E-state index in [0.29, 0.717) is 17.2 Å². The van der Waals surface area contributed by atoms with E-state index in [4.69, 9.17) is 47.3 Å². The summed E-state index contributed by atoms with van der Waals surface area (Å²) >= 11 is 16.7. The van der Waals surface area contributed by atoms with E-state index in [1.165, 1.54) is 0 Å². The third-order valence-electron chi connectivity index (χ3n) is 1.43. The Morgan fingerprint density at radius 3 is 2.64 bits per heavy atom. The van der Waals surface area contributed by atoms with Crippen LogP contribution in [0.15, 0.2) is 18.2 Å². The Morgan fingerprint density at radius 1 is 1.21 bits per heavy atom. The highest BCUT2D eigenvalue weighted by Crippen LogP contribution is 2.57. The van der Waals surface area contributed by atoms with Crippen LogP contribution in [-0.2, 0) is 0 Å². The van der Waals surface area contributed by atoms with Gasteiger partial charge in [-0.05, 0) is 45.9 Å². The molecule has 1 aromatic rings. The summed E-state index contributed by atoms with van der Waals surface area (Å²) < 4.78 is 15.4. The first-order valence-corrected chi connectivity index (χ1v) is 8.56. The van der Waals surface area contributed by atoms with Crippen LogP contribution in [0.5, 0.6) is 17.2 Å².